The number of nitrogens with zero attached hydrogens (tertiary/aromatic N) is 8. The average Bonchev–Trinajstić information content (AvgIpc) is 3.36. The molecule has 0 aliphatic carbocycles. The lowest BCUT2D eigenvalue weighted by atomic mass is 10.0. The molecule has 47 heavy (non-hydrogen) atoms. The van der Waals surface area contributed by atoms with Gasteiger partial charge in [0.15, 0.2) is 0 Å². The van der Waals surface area contributed by atoms with E-state index < -0.39 is 17.4 Å². The van der Waals surface area contributed by atoms with Crippen LogP contribution in [-0.4, -0.2) is 62.4 Å². The van der Waals surface area contributed by atoms with Gasteiger partial charge in [0.2, 0.25) is 11.8 Å². The normalized spacial score (nSPS) is 13.9. The summed E-state index contributed by atoms with van der Waals surface area (Å²) in [6, 6.07) is 13.2. The zero-order valence-corrected chi connectivity index (χ0v) is 25.6. The number of methoxy groups -OCH3 is 1. The van der Waals surface area contributed by atoms with Gasteiger partial charge >= 0.3 is 11.9 Å². The Morgan fingerprint density at radius 3 is 2.23 bits per heavy atom. The SMILES string of the molecule is COc1ccc(-c2ccc3ncc4c(c3c2)n(-c2ccc(N3CCN(c5ncc(CN)cn5)CC3)c(C(F)(F)F)c2)c(=O)n4C)cn1. The number of aryl methyl sites for hydroxylation is 1. The first-order valence-corrected chi connectivity index (χ1v) is 14.9. The Kier molecular flexibility index (Phi) is 7.51. The highest BCUT2D eigenvalue weighted by molar-refractivity contribution is 6.04. The van der Waals surface area contributed by atoms with Gasteiger partial charge in [0, 0.05) is 86.6 Å². The fourth-order valence-corrected chi connectivity index (χ4v) is 6.02. The molecule has 0 radical (unpaired) electrons. The molecule has 1 saturated heterocycles. The molecule has 6 aromatic rings. The summed E-state index contributed by atoms with van der Waals surface area (Å²) < 4.78 is 52.0. The monoisotopic (exact) mass is 641 g/mol. The second-order valence-corrected chi connectivity index (χ2v) is 11.3. The first-order valence-electron chi connectivity index (χ1n) is 14.9. The van der Waals surface area contributed by atoms with Gasteiger partial charge in [-0.2, -0.15) is 13.2 Å². The van der Waals surface area contributed by atoms with E-state index in [0.717, 1.165) is 22.8 Å². The molecule has 11 nitrogen and oxygen atoms in total. The third kappa shape index (κ3) is 5.39. The van der Waals surface area contributed by atoms with Gasteiger partial charge in [-0.3, -0.25) is 14.1 Å². The molecule has 1 aliphatic heterocycles. The molecule has 4 aromatic heterocycles. The number of benzene rings is 2. The van der Waals surface area contributed by atoms with Gasteiger partial charge in [-0.25, -0.2) is 19.7 Å². The summed E-state index contributed by atoms with van der Waals surface area (Å²) in [5, 5.41) is 0.615. The van der Waals surface area contributed by atoms with Gasteiger partial charge < -0.3 is 20.3 Å². The predicted octanol–water partition coefficient (Wildman–Crippen LogP) is 4.54. The van der Waals surface area contributed by atoms with Crippen molar-refractivity contribution in [1.82, 2.24) is 29.1 Å². The number of hydrogen-bond acceptors (Lipinski definition) is 9. The van der Waals surface area contributed by atoms with Crippen LogP contribution >= 0.6 is 0 Å². The molecule has 14 heteroatoms. The van der Waals surface area contributed by atoms with Crippen molar-refractivity contribution in [3.8, 4) is 22.7 Å². The molecule has 2 N–H and O–H groups in total. The number of piperazine rings is 1. The van der Waals surface area contributed by atoms with Crippen molar-refractivity contribution >= 4 is 33.6 Å². The Bertz CT molecular complexity index is 2150. The van der Waals surface area contributed by atoms with Crippen LogP contribution in [0.15, 0.2) is 78.1 Å². The fourth-order valence-electron chi connectivity index (χ4n) is 6.02. The highest BCUT2D eigenvalue weighted by Gasteiger charge is 2.36. The smallest absolute Gasteiger partial charge is 0.418 e. The van der Waals surface area contributed by atoms with Crippen LogP contribution in [-0.2, 0) is 19.8 Å². The van der Waals surface area contributed by atoms with Crippen molar-refractivity contribution in [2.75, 3.05) is 43.1 Å². The van der Waals surface area contributed by atoms with Gasteiger partial charge in [0.1, 0.15) is 0 Å². The number of nitrogens with two attached hydrogens (primary N) is 1. The molecule has 5 heterocycles. The number of anilines is 2. The van der Waals surface area contributed by atoms with E-state index in [2.05, 4.69) is 19.9 Å². The summed E-state index contributed by atoms with van der Waals surface area (Å²) in [5.74, 6) is 0.977. The summed E-state index contributed by atoms with van der Waals surface area (Å²) in [7, 11) is 3.11. The van der Waals surface area contributed by atoms with Crippen LogP contribution in [0.2, 0.25) is 0 Å². The molecule has 1 aliphatic rings. The molecule has 0 unspecified atom stereocenters. The van der Waals surface area contributed by atoms with Gasteiger partial charge in [0.05, 0.1) is 41.1 Å². The minimum Gasteiger partial charge on any atom is -0.481 e. The fraction of sp³-hybridized carbons (Fsp3) is 0.242. The van der Waals surface area contributed by atoms with Crippen LogP contribution in [0, 0.1) is 0 Å². The van der Waals surface area contributed by atoms with Crippen molar-refractivity contribution < 1.29 is 17.9 Å². The Hall–Kier alpha value is -5.50. The zero-order valence-electron chi connectivity index (χ0n) is 25.6. The average molecular weight is 642 g/mol. The first kappa shape index (κ1) is 30.2. The summed E-state index contributed by atoms with van der Waals surface area (Å²) >= 11 is 0. The van der Waals surface area contributed by atoms with Crippen molar-refractivity contribution in [2.24, 2.45) is 12.8 Å². The summed E-state index contributed by atoms with van der Waals surface area (Å²) in [6.45, 7) is 1.87. The molecule has 1 fully saturated rings. The molecule has 0 spiro atoms. The van der Waals surface area contributed by atoms with Gasteiger partial charge in [-0.1, -0.05) is 6.07 Å². The lowest BCUT2D eigenvalue weighted by Crippen LogP contribution is -2.47. The van der Waals surface area contributed by atoms with Crippen LogP contribution in [0.5, 0.6) is 5.88 Å². The Morgan fingerprint density at radius 1 is 0.851 bits per heavy atom. The molecule has 0 atom stereocenters. The van der Waals surface area contributed by atoms with Crippen LogP contribution < -0.4 is 26.0 Å². The Labute approximate surface area is 266 Å². The van der Waals surface area contributed by atoms with Gasteiger partial charge in [0.25, 0.3) is 0 Å². The molecule has 0 saturated carbocycles. The third-order valence-electron chi connectivity index (χ3n) is 8.54. The minimum atomic E-state index is -4.67. The van der Waals surface area contributed by atoms with Crippen LogP contribution in [0.25, 0.3) is 38.8 Å². The largest absolute Gasteiger partial charge is 0.481 e. The number of ether oxygens (including phenoxy) is 1. The third-order valence-corrected chi connectivity index (χ3v) is 8.54. The maximum absolute atomic E-state index is 14.7. The molecule has 240 valence electrons. The standard InChI is InChI=1S/C33H30F3N9O2/c1-42-28-19-38-26-6-3-21(22-4-8-29(47-2)39-18-22)13-24(26)30(28)45(32(42)46)23-5-7-27(25(14-23)33(34,35)36)43-9-11-44(12-10-43)31-40-16-20(15-37)17-41-31/h3-8,13-14,16-19H,9-12,15,37H2,1-2H3. The van der Waals surface area contributed by atoms with E-state index in [1.807, 2.05) is 29.2 Å². The van der Waals surface area contributed by atoms with Gasteiger partial charge in [-0.15, -0.1) is 0 Å². The zero-order chi connectivity index (χ0) is 32.9. The highest BCUT2D eigenvalue weighted by atomic mass is 19.4. The number of alkyl halides is 3. The van der Waals surface area contributed by atoms with E-state index in [1.54, 1.807) is 48.9 Å². The summed E-state index contributed by atoms with van der Waals surface area (Å²) in [5.41, 5.74) is 8.43. The Morgan fingerprint density at radius 2 is 1.57 bits per heavy atom. The van der Waals surface area contributed by atoms with E-state index in [1.165, 1.54) is 22.3 Å². The van der Waals surface area contributed by atoms with Crippen molar-refractivity contribution in [3.05, 3.63) is 94.9 Å². The molecular weight excluding hydrogens is 611 g/mol. The molecule has 2 aromatic carbocycles. The molecular formula is C33H30F3N9O2. The minimum absolute atomic E-state index is 0.0504. The maximum Gasteiger partial charge on any atom is 0.418 e. The summed E-state index contributed by atoms with van der Waals surface area (Å²) in [6.07, 6.45) is 1.87. The van der Waals surface area contributed by atoms with Crippen LogP contribution in [0.1, 0.15) is 11.1 Å². The van der Waals surface area contributed by atoms with Crippen molar-refractivity contribution in [3.63, 3.8) is 0 Å². The number of imidazole rings is 1. The van der Waals surface area contributed by atoms with E-state index in [4.69, 9.17) is 10.5 Å². The lowest BCUT2D eigenvalue weighted by molar-refractivity contribution is -0.137. The maximum atomic E-state index is 14.7. The van der Waals surface area contributed by atoms with Crippen molar-refractivity contribution in [1.29, 1.82) is 0 Å². The highest BCUT2D eigenvalue weighted by Crippen LogP contribution is 2.39. The van der Waals surface area contributed by atoms with Gasteiger partial charge in [-0.05, 0) is 42.0 Å². The Balaban J connectivity index is 1.29. The topological polar surface area (TPSA) is 120 Å². The van der Waals surface area contributed by atoms with Crippen molar-refractivity contribution in [2.45, 2.75) is 12.7 Å². The first-order chi connectivity index (χ1) is 22.7. The molecule has 0 amide bonds. The number of halogens is 3. The number of hydrogen-bond donors (Lipinski definition) is 1. The van der Waals surface area contributed by atoms with E-state index in [0.29, 0.717) is 66.5 Å². The predicted molar refractivity (Wildman–Crippen MR) is 173 cm³/mol. The number of aromatic nitrogens is 6. The number of rotatable bonds is 6. The quantitative estimate of drug-likeness (QED) is 0.280. The van der Waals surface area contributed by atoms with E-state index >= 15 is 0 Å². The lowest BCUT2D eigenvalue weighted by Gasteiger charge is -2.37. The summed E-state index contributed by atoms with van der Waals surface area (Å²) in [4.78, 5) is 34.8. The van der Waals surface area contributed by atoms with E-state index in [-0.39, 0.29) is 11.4 Å². The van der Waals surface area contributed by atoms with E-state index in [9.17, 15) is 18.0 Å². The second-order valence-electron chi connectivity index (χ2n) is 11.3. The number of fused-ring (bicyclic) bond motifs is 3. The second kappa shape index (κ2) is 11.7. The van der Waals surface area contributed by atoms with Crippen LogP contribution in [0.4, 0.5) is 24.8 Å². The van der Waals surface area contributed by atoms with Crippen LogP contribution in [0.3, 0.4) is 0 Å². The number of pyridine rings is 2. The molecule has 7 rings (SSSR count). The molecule has 0 bridgehead atoms.